The number of para-hydroxylation sites is 1. The Morgan fingerprint density at radius 3 is 2.95 bits per heavy atom. The van der Waals surface area contributed by atoms with Gasteiger partial charge in [-0.25, -0.2) is 0 Å². The van der Waals surface area contributed by atoms with E-state index in [0.29, 0.717) is 26.1 Å². The highest BCUT2D eigenvalue weighted by Gasteiger charge is 2.39. The molecule has 2 N–H and O–H groups in total. The third-order valence-electron chi connectivity index (χ3n) is 4.29. The van der Waals surface area contributed by atoms with Crippen LogP contribution in [0.15, 0.2) is 28.7 Å². The van der Waals surface area contributed by atoms with Gasteiger partial charge in [0.05, 0.1) is 6.10 Å². The van der Waals surface area contributed by atoms with Gasteiger partial charge in [-0.1, -0.05) is 18.2 Å². The van der Waals surface area contributed by atoms with Gasteiger partial charge in [0.2, 0.25) is 0 Å². The van der Waals surface area contributed by atoms with Gasteiger partial charge in [-0.3, -0.25) is 0 Å². The highest BCUT2D eigenvalue weighted by molar-refractivity contribution is 5.82. The van der Waals surface area contributed by atoms with Crippen molar-refractivity contribution in [3.8, 4) is 0 Å². The first-order valence-corrected chi connectivity index (χ1v) is 7.12. The molecule has 4 nitrogen and oxygen atoms in total. The maximum absolute atomic E-state index is 10.5. The van der Waals surface area contributed by atoms with Crippen LogP contribution in [0.1, 0.15) is 24.7 Å². The Morgan fingerprint density at radius 2 is 2.20 bits per heavy atom. The van der Waals surface area contributed by atoms with Crippen molar-refractivity contribution in [2.75, 3.05) is 13.2 Å². The van der Waals surface area contributed by atoms with Crippen LogP contribution in [0.4, 0.5) is 0 Å². The molecule has 1 saturated heterocycles. The molecule has 2 aromatic rings. The molecule has 2 unspecified atom stereocenters. The summed E-state index contributed by atoms with van der Waals surface area (Å²) in [5.74, 6) is 0.932. The van der Waals surface area contributed by atoms with Crippen LogP contribution in [-0.4, -0.2) is 30.0 Å². The standard InChI is InChI=1S/C16H21NO3/c1-11-14(13-5-3-4-6-15(13)20-11)9-17-10-16(18)7-8-19-12(16)2/h3-6,12,17-18H,7-10H2,1-2H3. The normalized spacial score (nSPS) is 26.4. The SMILES string of the molecule is Cc1oc2ccccc2c1CNCC1(O)CCOC1C. The monoisotopic (exact) mass is 275 g/mol. The van der Waals surface area contributed by atoms with Crippen LogP contribution in [0.25, 0.3) is 11.0 Å². The van der Waals surface area contributed by atoms with Gasteiger partial charge in [0.1, 0.15) is 16.9 Å². The largest absolute Gasteiger partial charge is 0.461 e. The van der Waals surface area contributed by atoms with E-state index in [0.717, 1.165) is 22.3 Å². The molecule has 1 aromatic carbocycles. The Kier molecular flexibility index (Phi) is 3.54. The van der Waals surface area contributed by atoms with Gasteiger partial charge in [0.15, 0.2) is 0 Å². The predicted molar refractivity (Wildman–Crippen MR) is 77.6 cm³/mol. The Hall–Kier alpha value is -1.36. The number of furan rings is 1. The maximum atomic E-state index is 10.5. The van der Waals surface area contributed by atoms with Crippen LogP contribution in [0, 0.1) is 6.92 Å². The van der Waals surface area contributed by atoms with Gasteiger partial charge in [0, 0.05) is 37.1 Å². The number of rotatable bonds is 4. The quantitative estimate of drug-likeness (QED) is 0.899. The van der Waals surface area contributed by atoms with E-state index in [-0.39, 0.29) is 6.10 Å². The molecule has 0 aliphatic carbocycles. The van der Waals surface area contributed by atoms with Gasteiger partial charge in [-0.15, -0.1) is 0 Å². The number of hydrogen-bond acceptors (Lipinski definition) is 4. The van der Waals surface area contributed by atoms with Crippen molar-refractivity contribution in [3.05, 3.63) is 35.6 Å². The van der Waals surface area contributed by atoms with E-state index in [1.807, 2.05) is 32.0 Å². The molecule has 0 amide bonds. The number of hydrogen-bond donors (Lipinski definition) is 2. The molecule has 1 fully saturated rings. The smallest absolute Gasteiger partial charge is 0.134 e. The molecule has 4 heteroatoms. The molecule has 3 rings (SSSR count). The molecule has 2 heterocycles. The average Bonchev–Trinajstić information content (AvgIpc) is 2.92. The minimum atomic E-state index is -0.757. The van der Waals surface area contributed by atoms with Crippen molar-refractivity contribution < 1.29 is 14.3 Å². The fourth-order valence-corrected chi connectivity index (χ4v) is 2.85. The second-order valence-electron chi connectivity index (χ2n) is 5.60. The summed E-state index contributed by atoms with van der Waals surface area (Å²) in [5, 5.41) is 14.9. The molecule has 1 aliphatic rings. The molecule has 0 radical (unpaired) electrons. The lowest BCUT2D eigenvalue weighted by molar-refractivity contribution is -0.0263. The van der Waals surface area contributed by atoms with E-state index >= 15 is 0 Å². The fourth-order valence-electron chi connectivity index (χ4n) is 2.85. The third-order valence-corrected chi connectivity index (χ3v) is 4.29. The van der Waals surface area contributed by atoms with E-state index in [9.17, 15) is 5.11 Å². The number of ether oxygens (including phenoxy) is 1. The summed E-state index contributed by atoms with van der Waals surface area (Å²) in [4.78, 5) is 0. The zero-order valence-electron chi connectivity index (χ0n) is 12.0. The van der Waals surface area contributed by atoms with Crippen LogP contribution in [0.5, 0.6) is 0 Å². The van der Waals surface area contributed by atoms with Crippen molar-refractivity contribution in [2.45, 2.75) is 38.5 Å². The zero-order valence-corrected chi connectivity index (χ0v) is 12.0. The van der Waals surface area contributed by atoms with E-state index in [1.165, 1.54) is 0 Å². The predicted octanol–water partition coefficient (Wildman–Crippen LogP) is 2.37. The highest BCUT2D eigenvalue weighted by atomic mass is 16.5. The number of aliphatic hydroxyl groups is 1. The summed E-state index contributed by atoms with van der Waals surface area (Å²) in [5.41, 5.74) is 1.32. The molecule has 2 atom stereocenters. The average molecular weight is 275 g/mol. The lowest BCUT2D eigenvalue weighted by atomic mass is 9.96. The Balaban J connectivity index is 1.70. The van der Waals surface area contributed by atoms with Crippen molar-refractivity contribution in [1.82, 2.24) is 5.32 Å². The summed E-state index contributed by atoms with van der Waals surface area (Å²) in [6.07, 6.45) is 0.573. The lowest BCUT2D eigenvalue weighted by Crippen LogP contribution is -2.45. The van der Waals surface area contributed by atoms with Crippen LogP contribution < -0.4 is 5.32 Å². The number of fused-ring (bicyclic) bond motifs is 1. The van der Waals surface area contributed by atoms with Gasteiger partial charge >= 0.3 is 0 Å². The summed E-state index contributed by atoms with van der Waals surface area (Å²) < 4.78 is 11.2. The Labute approximate surface area is 118 Å². The molecule has 1 aliphatic heterocycles. The van der Waals surface area contributed by atoms with Crippen molar-refractivity contribution in [1.29, 1.82) is 0 Å². The van der Waals surface area contributed by atoms with Crippen LogP contribution in [0.2, 0.25) is 0 Å². The topological polar surface area (TPSA) is 54.6 Å². The minimum absolute atomic E-state index is 0.114. The van der Waals surface area contributed by atoms with Gasteiger partial charge in [-0.2, -0.15) is 0 Å². The van der Waals surface area contributed by atoms with Crippen LogP contribution in [0.3, 0.4) is 0 Å². The third kappa shape index (κ3) is 2.35. The molecule has 108 valence electrons. The number of nitrogens with one attached hydrogen (secondary N) is 1. The summed E-state index contributed by atoms with van der Waals surface area (Å²) in [7, 11) is 0. The highest BCUT2D eigenvalue weighted by Crippen LogP contribution is 2.27. The van der Waals surface area contributed by atoms with Gasteiger partial charge in [0.25, 0.3) is 0 Å². The molecule has 0 saturated carbocycles. The zero-order chi connectivity index (χ0) is 14.2. The first kappa shape index (κ1) is 13.6. The van der Waals surface area contributed by atoms with Crippen LogP contribution >= 0.6 is 0 Å². The molecular weight excluding hydrogens is 254 g/mol. The molecule has 20 heavy (non-hydrogen) atoms. The summed E-state index contributed by atoms with van der Waals surface area (Å²) in [6, 6.07) is 8.04. The Bertz CT molecular complexity index is 607. The first-order valence-electron chi connectivity index (χ1n) is 7.12. The van der Waals surface area contributed by atoms with E-state index < -0.39 is 5.60 Å². The second kappa shape index (κ2) is 5.20. The number of aryl methyl sites for hydroxylation is 1. The van der Waals surface area contributed by atoms with Gasteiger partial charge in [-0.05, 0) is 19.9 Å². The molecular formula is C16H21NO3. The van der Waals surface area contributed by atoms with E-state index in [4.69, 9.17) is 9.15 Å². The summed E-state index contributed by atoms with van der Waals surface area (Å²) >= 11 is 0. The number of benzene rings is 1. The minimum Gasteiger partial charge on any atom is -0.461 e. The molecule has 0 spiro atoms. The van der Waals surface area contributed by atoms with Crippen molar-refractivity contribution >= 4 is 11.0 Å². The fraction of sp³-hybridized carbons (Fsp3) is 0.500. The van der Waals surface area contributed by atoms with Crippen molar-refractivity contribution in [3.63, 3.8) is 0 Å². The first-order chi connectivity index (χ1) is 9.60. The lowest BCUT2D eigenvalue weighted by Gasteiger charge is -2.26. The summed E-state index contributed by atoms with van der Waals surface area (Å²) in [6.45, 7) is 5.76. The van der Waals surface area contributed by atoms with Crippen molar-refractivity contribution in [2.24, 2.45) is 0 Å². The second-order valence-corrected chi connectivity index (χ2v) is 5.60. The molecule has 1 aromatic heterocycles. The van der Waals surface area contributed by atoms with Crippen LogP contribution in [-0.2, 0) is 11.3 Å². The Morgan fingerprint density at radius 1 is 1.40 bits per heavy atom. The maximum Gasteiger partial charge on any atom is 0.134 e. The van der Waals surface area contributed by atoms with E-state index in [1.54, 1.807) is 0 Å². The van der Waals surface area contributed by atoms with Gasteiger partial charge < -0.3 is 19.6 Å². The molecule has 0 bridgehead atoms. The van der Waals surface area contributed by atoms with E-state index in [2.05, 4.69) is 11.4 Å².